The Morgan fingerprint density at radius 1 is 1.11 bits per heavy atom. The van der Waals surface area contributed by atoms with Gasteiger partial charge in [-0.1, -0.05) is 6.07 Å². The average molecular weight is 278 g/mol. The molecule has 0 saturated carbocycles. The van der Waals surface area contributed by atoms with E-state index in [0.717, 1.165) is 17.9 Å². The number of aromatic nitrogens is 2. The highest BCUT2D eigenvalue weighted by atomic mass is 32.1. The molecule has 2 aromatic heterocycles. The summed E-state index contributed by atoms with van der Waals surface area (Å²) in [6.45, 7) is 2.01. The summed E-state index contributed by atoms with van der Waals surface area (Å²) in [4.78, 5) is 8.00. The minimum absolute atomic E-state index is 0.242. The van der Waals surface area contributed by atoms with Crippen LogP contribution in [0.3, 0.4) is 0 Å². The van der Waals surface area contributed by atoms with Crippen LogP contribution in [-0.2, 0) is 6.42 Å². The summed E-state index contributed by atoms with van der Waals surface area (Å²) in [5, 5.41) is 0.242. The van der Waals surface area contributed by atoms with Crippen molar-refractivity contribution in [2.75, 3.05) is 5.75 Å². The molecule has 0 fully saturated rings. The molecule has 18 heavy (non-hydrogen) atoms. The van der Waals surface area contributed by atoms with Crippen molar-refractivity contribution in [2.45, 2.75) is 18.6 Å². The quantitative estimate of drug-likeness (QED) is 0.839. The van der Waals surface area contributed by atoms with Crippen LogP contribution >= 0.6 is 25.3 Å². The Morgan fingerprint density at radius 3 is 2.28 bits per heavy atom. The summed E-state index contributed by atoms with van der Waals surface area (Å²) in [5.74, 6) is 0.907. The van der Waals surface area contributed by atoms with Gasteiger partial charge in [-0.25, -0.2) is 0 Å². The number of hydrogen-bond donors (Lipinski definition) is 2. The van der Waals surface area contributed by atoms with Crippen LogP contribution in [0.4, 0.5) is 0 Å². The Morgan fingerprint density at radius 2 is 1.83 bits per heavy atom. The molecule has 0 saturated heterocycles. The second-order valence-electron chi connectivity index (χ2n) is 3.76. The predicted molar refractivity (Wildman–Crippen MR) is 83.4 cm³/mol. The summed E-state index contributed by atoms with van der Waals surface area (Å²) >= 11 is 8.34. The van der Waals surface area contributed by atoms with Gasteiger partial charge in [0.2, 0.25) is 0 Å². The number of nitrogens with zero attached hydrogens (tertiary/aromatic N) is 2. The molecule has 4 heteroatoms. The van der Waals surface area contributed by atoms with E-state index in [4.69, 9.17) is 0 Å². The van der Waals surface area contributed by atoms with Gasteiger partial charge in [-0.2, -0.15) is 25.3 Å². The molecule has 2 aromatic rings. The standard InChI is InChI=1S/2C7H9NS/c9-6-3-7-1-4-8-5-2-7;1-6(9)7-4-2-3-5-8-7/h1-2,4-5,9H,3,6H2;2-6,9H,1H3. The normalized spacial score (nSPS) is 11.3. The van der Waals surface area contributed by atoms with E-state index in [-0.39, 0.29) is 5.25 Å². The van der Waals surface area contributed by atoms with Gasteiger partial charge in [0, 0.05) is 23.8 Å². The van der Waals surface area contributed by atoms with Crippen LogP contribution < -0.4 is 0 Å². The molecule has 2 heterocycles. The van der Waals surface area contributed by atoms with Crippen molar-refractivity contribution in [1.29, 1.82) is 0 Å². The topological polar surface area (TPSA) is 25.8 Å². The average Bonchev–Trinajstić information content (AvgIpc) is 2.42. The largest absolute Gasteiger partial charge is 0.265 e. The highest BCUT2D eigenvalue weighted by Crippen LogP contribution is 2.14. The van der Waals surface area contributed by atoms with Crippen LogP contribution in [0.25, 0.3) is 0 Å². The molecular weight excluding hydrogens is 260 g/mol. The van der Waals surface area contributed by atoms with E-state index < -0.39 is 0 Å². The first-order chi connectivity index (χ1) is 8.74. The monoisotopic (exact) mass is 278 g/mol. The van der Waals surface area contributed by atoms with Crippen molar-refractivity contribution in [3.8, 4) is 0 Å². The molecule has 0 radical (unpaired) electrons. The first-order valence-corrected chi connectivity index (χ1v) is 6.97. The highest BCUT2D eigenvalue weighted by molar-refractivity contribution is 7.80. The minimum atomic E-state index is 0.242. The second-order valence-corrected chi connectivity index (χ2v) is 4.98. The molecule has 1 atom stereocenters. The van der Waals surface area contributed by atoms with Crippen LogP contribution in [0.2, 0.25) is 0 Å². The molecule has 0 aromatic carbocycles. The van der Waals surface area contributed by atoms with E-state index >= 15 is 0 Å². The Bertz CT molecular complexity index is 418. The predicted octanol–water partition coefficient (Wildman–Crippen LogP) is 3.63. The summed E-state index contributed by atoms with van der Waals surface area (Å²) < 4.78 is 0. The number of hydrogen-bond acceptors (Lipinski definition) is 4. The van der Waals surface area contributed by atoms with E-state index in [1.807, 2.05) is 37.3 Å². The van der Waals surface area contributed by atoms with E-state index in [2.05, 4.69) is 35.2 Å². The zero-order chi connectivity index (χ0) is 13.2. The fraction of sp³-hybridized carbons (Fsp3) is 0.286. The molecule has 0 aliphatic heterocycles. The van der Waals surface area contributed by atoms with Gasteiger partial charge in [-0.3, -0.25) is 9.97 Å². The fourth-order valence-corrected chi connectivity index (χ4v) is 1.71. The van der Waals surface area contributed by atoms with Crippen LogP contribution in [0.5, 0.6) is 0 Å². The van der Waals surface area contributed by atoms with Crippen molar-refractivity contribution < 1.29 is 0 Å². The third kappa shape index (κ3) is 6.07. The highest BCUT2D eigenvalue weighted by Gasteiger charge is 1.96. The van der Waals surface area contributed by atoms with Gasteiger partial charge in [-0.15, -0.1) is 0 Å². The van der Waals surface area contributed by atoms with E-state index in [9.17, 15) is 0 Å². The number of pyridine rings is 2. The maximum atomic E-state index is 4.23. The lowest BCUT2D eigenvalue weighted by Crippen LogP contribution is -1.86. The Hall–Kier alpha value is -1.00. The fourth-order valence-electron chi connectivity index (χ4n) is 1.30. The van der Waals surface area contributed by atoms with Crippen molar-refractivity contribution in [2.24, 2.45) is 0 Å². The Labute approximate surface area is 120 Å². The van der Waals surface area contributed by atoms with Gasteiger partial charge in [0.25, 0.3) is 0 Å². The lowest BCUT2D eigenvalue weighted by Gasteiger charge is -1.99. The lowest BCUT2D eigenvalue weighted by molar-refractivity contribution is 1.02. The Kier molecular flexibility index (Phi) is 7.53. The third-order valence-corrected chi connectivity index (χ3v) is 2.75. The molecule has 0 aliphatic rings. The van der Waals surface area contributed by atoms with Crippen LogP contribution in [0.15, 0.2) is 48.9 Å². The smallest absolute Gasteiger partial charge is 0.0528 e. The van der Waals surface area contributed by atoms with Gasteiger partial charge < -0.3 is 0 Å². The molecule has 2 rings (SSSR count). The molecular formula is C14H18N2S2. The summed E-state index contributed by atoms with van der Waals surface area (Å²) in [6.07, 6.45) is 6.42. The minimum Gasteiger partial charge on any atom is -0.265 e. The molecule has 1 unspecified atom stereocenters. The van der Waals surface area contributed by atoms with Crippen LogP contribution in [-0.4, -0.2) is 15.7 Å². The molecule has 0 amide bonds. The first-order valence-electron chi connectivity index (χ1n) is 5.82. The van der Waals surface area contributed by atoms with E-state index in [0.29, 0.717) is 0 Å². The third-order valence-electron chi connectivity index (χ3n) is 2.27. The van der Waals surface area contributed by atoms with Gasteiger partial charge in [0.1, 0.15) is 0 Å². The zero-order valence-electron chi connectivity index (χ0n) is 10.4. The molecule has 0 aliphatic carbocycles. The second kappa shape index (κ2) is 9.00. The van der Waals surface area contributed by atoms with Crippen molar-refractivity contribution in [3.63, 3.8) is 0 Å². The van der Waals surface area contributed by atoms with E-state index in [1.165, 1.54) is 5.56 Å². The summed E-state index contributed by atoms with van der Waals surface area (Å²) in [6, 6.07) is 9.86. The number of thiol groups is 2. The van der Waals surface area contributed by atoms with Gasteiger partial charge in [0.15, 0.2) is 0 Å². The summed E-state index contributed by atoms with van der Waals surface area (Å²) in [5.41, 5.74) is 2.33. The van der Waals surface area contributed by atoms with Crippen molar-refractivity contribution in [1.82, 2.24) is 9.97 Å². The number of aryl methyl sites for hydroxylation is 1. The first kappa shape index (κ1) is 15.1. The van der Waals surface area contributed by atoms with Crippen LogP contribution in [0.1, 0.15) is 23.4 Å². The van der Waals surface area contributed by atoms with Crippen molar-refractivity contribution in [3.05, 3.63) is 60.2 Å². The van der Waals surface area contributed by atoms with Gasteiger partial charge in [0.05, 0.1) is 5.69 Å². The van der Waals surface area contributed by atoms with Crippen molar-refractivity contribution >= 4 is 25.3 Å². The SMILES string of the molecule is CC(S)c1ccccn1.SCCc1ccncc1. The van der Waals surface area contributed by atoms with Gasteiger partial charge in [-0.05, 0) is 48.9 Å². The van der Waals surface area contributed by atoms with Crippen LogP contribution in [0, 0.1) is 0 Å². The van der Waals surface area contributed by atoms with Gasteiger partial charge >= 0.3 is 0 Å². The number of rotatable bonds is 3. The maximum absolute atomic E-state index is 4.23. The summed E-state index contributed by atoms with van der Waals surface area (Å²) in [7, 11) is 0. The molecule has 2 nitrogen and oxygen atoms in total. The lowest BCUT2D eigenvalue weighted by atomic mass is 10.2. The molecule has 96 valence electrons. The molecule has 0 spiro atoms. The molecule has 0 N–H and O–H groups in total. The Balaban J connectivity index is 0.000000180. The maximum Gasteiger partial charge on any atom is 0.0528 e. The van der Waals surface area contributed by atoms with E-state index in [1.54, 1.807) is 18.6 Å². The zero-order valence-corrected chi connectivity index (χ0v) is 12.2. The molecule has 0 bridgehead atoms.